The molecule has 0 saturated carbocycles. The number of hydrogen-bond donors (Lipinski definition) is 2. The third-order valence-corrected chi connectivity index (χ3v) is 3.61. The Kier molecular flexibility index (Phi) is 4.69. The number of carbonyl (C=O) groups is 2. The van der Waals surface area contributed by atoms with Crippen molar-refractivity contribution in [2.75, 3.05) is 5.32 Å². The highest BCUT2D eigenvalue weighted by Gasteiger charge is 2.17. The number of hydrogen-bond acceptors (Lipinski definition) is 4. The molecule has 0 aliphatic rings. The number of amides is 2. The van der Waals surface area contributed by atoms with Gasteiger partial charge in [-0.25, -0.2) is 0 Å². The van der Waals surface area contributed by atoms with Gasteiger partial charge in [-0.3, -0.25) is 9.59 Å². The Morgan fingerprint density at radius 3 is 2.76 bits per heavy atom. The highest BCUT2D eigenvalue weighted by molar-refractivity contribution is 7.12. The molecule has 0 aliphatic heterocycles. The standard InChI is InChI=1S/C15H13N3O2S/c1-10(17-15(20)13-6-3-7-21-13)14(19)18-12-5-2-4-11(8-12)9-16/h2-8,10H,1H3,(H,17,20)(H,18,19)/t10-/m0/s1. The van der Waals surface area contributed by atoms with Crippen molar-refractivity contribution >= 4 is 28.8 Å². The number of thiophene rings is 1. The molecule has 21 heavy (non-hydrogen) atoms. The SMILES string of the molecule is C[C@H](NC(=O)c1cccs1)C(=O)Nc1cccc(C#N)c1. The average molecular weight is 299 g/mol. The monoisotopic (exact) mass is 299 g/mol. The molecule has 2 amide bonds. The van der Waals surface area contributed by atoms with Crippen molar-refractivity contribution in [1.82, 2.24) is 5.32 Å². The summed E-state index contributed by atoms with van der Waals surface area (Å²) in [7, 11) is 0. The van der Waals surface area contributed by atoms with Gasteiger partial charge in [0.15, 0.2) is 0 Å². The zero-order chi connectivity index (χ0) is 15.2. The van der Waals surface area contributed by atoms with E-state index in [1.165, 1.54) is 11.3 Å². The van der Waals surface area contributed by atoms with Gasteiger partial charge in [-0.15, -0.1) is 11.3 Å². The van der Waals surface area contributed by atoms with Crippen LogP contribution < -0.4 is 10.6 Å². The second-order valence-electron chi connectivity index (χ2n) is 4.35. The summed E-state index contributed by atoms with van der Waals surface area (Å²) in [6.07, 6.45) is 0. The smallest absolute Gasteiger partial charge is 0.261 e. The molecule has 0 aliphatic carbocycles. The lowest BCUT2D eigenvalue weighted by molar-refractivity contribution is -0.117. The Morgan fingerprint density at radius 2 is 2.10 bits per heavy atom. The molecule has 0 saturated heterocycles. The van der Waals surface area contributed by atoms with Gasteiger partial charge < -0.3 is 10.6 Å². The van der Waals surface area contributed by atoms with E-state index in [0.29, 0.717) is 16.1 Å². The van der Waals surface area contributed by atoms with Gasteiger partial charge in [-0.1, -0.05) is 12.1 Å². The molecule has 6 heteroatoms. The fourth-order valence-corrected chi connectivity index (χ4v) is 2.28. The number of nitrogens with one attached hydrogen (secondary N) is 2. The van der Waals surface area contributed by atoms with Crippen LogP contribution in [0, 0.1) is 11.3 Å². The topological polar surface area (TPSA) is 82.0 Å². The molecule has 2 aromatic rings. The molecule has 0 radical (unpaired) electrons. The maximum atomic E-state index is 12.0. The molecule has 0 spiro atoms. The van der Waals surface area contributed by atoms with E-state index in [9.17, 15) is 9.59 Å². The summed E-state index contributed by atoms with van der Waals surface area (Å²) in [5.74, 6) is -0.617. The van der Waals surface area contributed by atoms with Crippen LogP contribution in [0.3, 0.4) is 0 Å². The molecule has 0 fully saturated rings. The van der Waals surface area contributed by atoms with E-state index in [-0.39, 0.29) is 11.8 Å². The van der Waals surface area contributed by atoms with Gasteiger partial charge in [0.1, 0.15) is 6.04 Å². The maximum absolute atomic E-state index is 12.0. The third-order valence-electron chi connectivity index (χ3n) is 2.75. The van der Waals surface area contributed by atoms with Crippen LogP contribution in [0.15, 0.2) is 41.8 Å². The first-order valence-corrected chi connectivity index (χ1v) is 7.13. The van der Waals surface area contributed by atoms with Gasteiger partial charge >= 0.3 is 0 Å². The quantitative estimate of drug-likeness (QED) is 0.909. The lowest BCUT2D eigenvalue weighted by Gasteiger charge is -2.13. The van der Waals surface area contributed by atoms with Crippen LogP contribution >= 0.6 is 11.3 Å². The third kappa shape index (κ3) is 3.91. The van der Waals surface area contributed by atoms with Gasteiger partial charge in [-0.2, -0.15) is 5.26 Å². The largest absolute Gasteiger partial charge is 0.340 e. The highest BCUT2D eigenvalue weighted by Crippen LogP contribution is 2.11. The van der Waals surface area contributed by atoms with Crippen LogP contribution in [0.25, 0.3) is 0 Å². The minimum Gasteiger partial charge on any atom is -0.340 e. The van der Waals surface area contributed by atoms with E-state index < -0.39 is 6.04 Å². The van der Waals surface area contributed by atoms with Crippen LogP contribution in [0.2, 0.25) is 0 Å². The summed E-state index contributed by atoms with van der Waals surface area (Å²) in [6, 6.07) is 11.4. The molecule has 2 rings (SSSR count). The van der Waals surface area contributed by atoms with E-state index in [1.807, 2.05) is 6.07 Å². The van der Waals surface area contributed by atoms with Gasteiger partial charge in [0.05, 0.1) is 16.5 Å². The van der Waals surface area contributed by atoms with Crippen molar-refractivity contribution in [3.8, 4) is 6.07 Å². The van der Waals surface area contributed by atoms with E-state index in [2.05, 4.69) is 10.6 Å². The maximum Gasteiger partial charge on any atom is 0.261 e. The Hall–Kier alpha value is -2.65. The molecule has 1 heterocycles. The average Bonchev–Trinajstić information content (AvgIpc) is 3.01. The summed E-state index contributed by atoms with van der Waals surface area (Å²) in [6.45, 7) is 1.61. The number of nitriles is 1. The fraction of sp³-hybridized carbons (Fsp3) is 0.133. The van der Waals surface area contributed by atoms with Crippen LogP contribution in [-0.2, 0) is 4.79 Å². The Labute approximate surface area is 126 Å². The number of benzene rings is 1. The van der Waals surface area contributed by atoms with Crippen molar-refractivity contribution < 1.29 is 9.59 Å². The van der Waals surface area contributed by atoms with E-state index in [1.54, 1.807) is 48.7 Å². The first-order valence-electron chi connectivity index (χ1n) is 6.25. The summed E-state index contributed by atoms with van der Waals surface area (Å²) >= 11 is 1.31. The summed E-state index contributed by atoms with van der Waals surface area (Å²) in [4.78, 5) is 24.4. The van der Waals surface area contributed by atoms with Gasteiger partial charge in [0.25, 0.3) is 5.91 Å². The minimum absolute atomic E-state index is 0.279. The van der Waals surface area contributed by atoms with Crippen molar-refractivity contribution in [2.24, 2.45) is 0 Å². The molecule has 0 bridgehead atoms. The molecule has 1 aromatic carbocycles. The minimum atomic E-state index is -0.676. The number of carbonyl (C=O) groups excluding carboxylic acids is 2. The highest BCUT2D eigenvalue weighted by atomic mass is 32.1. The van der Waals surface area contributed by atoms with Crippen LogP contribution in [0.5, 0.6) is 0 Å². The predicted octanol–water partition coefficient (Wildman–Crippen LogP) is 2.38. The lowest BCUT2D eigenvalue weighted by atomic mass is 10.2. The van der Waals surface area contributed by atoms with Gasteiger partial charge in [0, 0.05) is 5.69 Å². The van der Waals surface area contributed by atoms with Crippen LogP contribution in [0.1, 0.15) is 22.2 Å². The molecule has 5 nitrogen and oxygen atoms in total. The fourth-order valence-electron chi connectivity index (χ4n) is 1.66. The molecule has 1 aromatic heterocycles. The van der Waals surface area contributed by atoms with Crippen molar-refractivity contribution in [3.05, 3.63) is 52.2 Å². The van der Waals surface area contributed by atoms with Crippen molar-refractivity contribution in [3.63, 3.8) is 0 Å². The first kappa shape index (κ1) is 14.8. The molecule has 106 valence electrons. The molecular formula is C15H13N3O2S. The zero-order valence-corrected chi connectivity index (χ0v) is 12.1. The van der Waals surface area contributed by atoms with Gasteiger partial charge in [-0.05, 0) is 36.6 Å². The van der Waals surface area contributed by atoms with Crippen molar-refractivity contribution in [2.45, 2.75) is 13.0 Å². The van der Waals surface area contributed by atoms with Crippen LogP contribution in [0.4, 0.5) is 5.69 Å². The van der Waals surface area contributed by atoms with E-state index in [4.69, 9.17) is 5.26 Å². The van der Waals surface area contributed by atoms with E-state index >= 15 is 0 Å². The molecule has 2 N–H and O–H groups in total. The van der Waals surface area contributed by atoms with E-state index in [0.717, 1.165) is 0 Å². The number of rotatable bonds is 4. The predicted molar refractivity (Wildman–Crippen MR) is 81.0 cm³/mol. The van der Waals surface area contributed by atoms with Crippen LogP contribution in [-0.4, -0.2) is 17.9 Å². The normalized spacial score (nSPS) is 11.2. The van der Waals surface area contributed by atoms with Gasteiger partial charge in [0.2, 0.25) is 5.91 Å². The summed E-state index contributed by atoms with van der Waals surface area (Å²) in [5.41, 5.74) is 0.986. The zero-order valence-electron chi connectivity index (χ0n) is 11.3. The summed E-state index contributed by atoms with van der Waals surface area (Å²) in [5, 5.41) is 15.9. The summed E-state index contributed by atoms with van der Waals surface area (Å²) < 4.78 is 0. The second-order valence-corrected chi connectivity index (χ2v) is 5.30. The number of nitrogens with zero attached hydrogens (tertiary/aromatic N) is 1. The lowest BCUT2D eigenvalue weighted by Crippen LogP contribution is -2.41. The molecule has 1 atom stereocenters. The Balaban J connectivity index is 1.96. The Morgan fingerprint density at radius 1 is 1.29 bits per heavy atom. The van der Waals surface area contributed by atoms with Crippen molar-refractivity contribution in [1.29, 1.82) is 5.26 Å². The second kappa shape index (κ2) is 6.68. The molecule has 0 unspecified atom stereocenters. The first-order chi connectivity index (χ1) is 10.1. The number of anilines is 1. The Bertz CT molecular complexity index is 689. The molecular weight excluding hydrogens is 286 g/mol.